The summed E-state index contributed by atoms with van der Waals surface area (Å²) in [5.41, 5.74) is 1.23. The number of nitrogens with one attached hydrogen (secondary N) is 1. The van der Waals surface area contributed by atoms with Crippen LogP contribution in [0.3, 0.4) is 0 Å². The van der Waals surface area contributed by atoms with Crippen molar-refractivity contribution in [2.24, 2.45) is 0 Å². The second-order valence-corrected chi connectivity index (χ2v) is 4.99. The molecule has 1 N–H and O–H groups in total. The average molecular weight is 318 g/mol. The van der Waals surface area contributed by atoms with Gasteiger partial charge in [-0.25, -0.2) is 5.10 Å². The van der Waals surface area contributed by atoms with Crippen molar-refractivity contribution in [1.29, 1.82) is 0 Å². The molecule has 0 amide bonds. The number of carbonyl (C=O) groups is 1. The van der Waals surface area contributed by atoms with E-state index in [1.165, 1.54) is 18.2 Å². The van der Waals surface area contributed by atoms with E-state index in [1.54, 1.807) is 30.3 Å². The molecule has 24 heavy (non-hydrogen) atoms. The van der Waals surface area contributed by atoms with Crippen LogP contribution in [0.1, 0.15) is 15.9 Å². The summed E-state index contributed by atoms with van der Waals surface area (Å²) in [5, 5.41) is 6.04. The van der Waals surface area contributed by atoms with Gasteiger partial charge in [0.25, 0.3) is 5.56 Å². The molecule has 0 radical (unpaired) electrons. The maximum absolute atomic E-state index is 12.1. The molecule has 3 rings (SSSR count). The number of hydrogen-bond donors (Lipinski definition) is 1. The minimum absolute atomic E-state index is 0.0902. The quantitative estimate of drug-likeness (QED) is 0.577. The first-order chi connectivity index (χ1) is 11.7. The van der Waals surface area contributed by atoms with E-state index >= 15 is 0 Å². The predicted octanol–water partition coefficient (Wildman–Crippen LogP) is 3.46. The molecule has 118 valence electrons. The average Bonchev–Trinajstić information content (AvgIpc) is 2.63. The molecule has 2 aromatic carbocycles. The Kier molecular flexibility index (Phi) is 4.62. The van der Waals surface area contributed by atoms with E-state index in [-0.39, 0.29) is 17.2 Å². The number of hydrogen-bond acceptors (Lipinski definition) is 4. The molecule has 0 aliphatic heterocycles. The summed E-state index contributed by atoms with van der Waals surface area (Å²) in [6, 6.07) is 19.1. The van der Waals surface area contributed by atoms with Crippen LogP contribution in [0.25, 0.3) is 6.08 Å². The van der Waals surface area contributed by atoms with Gasteiger partial charge >= 0.3 is 0 Å². The normalized spacial score (nSPS) is 10.7. The monoisotopic (exact) mass is 318 g/mol. The number of nitrogens with zero attached hydrogens (tertiary/aromatic N) is 1. The Morgan fingerprint density at radius 3 is 2.38 bits per heavy atom. The van der Waals surface area contributed by atoms with E-state index in [0.717, 1.165) is 5.56 Å². The second kappa shape index (κ2) is 7.19. The number of benzene rings is 2. The number of rotatable bonds is 5. The standard InChI is InChI=1S/C19H14N2O3/c22-17(11-6-14-4-2-1-3-5-14)15-7-9-16(10-8-15)24-19-13-12-18(23)20-21-19/h1-13H,(H,20,23). The van der Waals surface area contributed by atoms with Gasteiger partial charge in [0.1, 0.15) is 5.75 Å². The molecule has 0 fully saturated rings. The zero-order valence-electron chi connectivity index (χ0n) is 12.7. The van der Waals surface area contributed by atoms with Gasteiger partial charge < -0.3 is 4.74 Å². The van der Waals surface area contributed by atoms with Gasteiger partial charge in [0.15, 0.2) is 5.78 Å². The van der Waals surface area contributed by atoms with Crippen molar-refractivity contribution < 1.29 is 9.53 Å². The van der Waals surface area contributed by atoms with Crippen LogP contribution in [0.15, 0.2) is 77.6 Å². The van der Waals surface area contributed by atoms with Crippen molar-refractivity contribution in [3.05, 3.63) is 94.3 Å². The van der Waals surface area contributed by atoms with Crippen LogP contribution in [0.4, 0.5) is 0 Å². The highest BCUT2D eigenvalue weighted by Crippen LogP contribution is 2.19. The smallest absolute Gasteiger partial charge is 0.264 e. The summed E-state index contributed by atoms with van der Waals surface area (Å²) in [5.74, 6) is 0.711. The predicted molar refractivity (Wildman–Crippen MR) is 91.2 cm³/mol. The minimum Gasteiger partial charge on any atom is -0.438 e. The fraction of sp³-hybridized carbons (Fsp3) is 0. The van der Waals surface area contributed by atoms with Crippen molar-refractivity contribution in [2.75, 3.05) is 0 Å². The van der Waals surface area contributed by atoms with E-state index in [2.05, 4.69) is 10.2 Å². The molecule has 0 aliphatic carbocycles. The Hall–Kier alpha value is -3.47. The number of allylic oxidation sites excluding steroid dienone is 1. The van der Waals surface area contributed by atoms with Crippen LogP contribution < -0.4 is 10.3 Å². The molecule has 0 saturated heterocycles. The third-order valence-corrected chi connectivity index (χ3v) is 3.24. The molecular weight excluding hydrogens is 304 g/mol. The Morgan fingerprint density at radius 1 is 0.958 bits per heavy atom. The largest absolute Gasteiger partial charge is 0.438 e. The third kappa shape index (κ3) is 4.04. The molecule has 0 aliphatic rings. The van der Waals surface area contributed by atoms with Crippen LogP contribution in [0.5, 0.6) is 11.6 Å². The Balaban J connectivity index is 1.67. The zero-order chi connectivity index (χ0) is 16.8. The van der Waals surface area contributed by atoms with Crippen LogP contribution in [0, 0.1) is 0 Å². The highest BCUT2D eigenvalue weighted by atomic mass is 16.5. The molecule has 3 aromatic rings. The lowest BCUT2D eigenvalue weighted by Gasteiger charge is -2.04. The summed E-state index contributed by atoms with van der Waals surface area (Å²) < 4.78 is 5.49. The lowest BCUT2D eigenvalue weighted by Crippen LogP contribution is -2.05. The molecular formula is C19H14N2O3. The number of ether oxygens (including phenoxy) is 1. The molecule has 5 heteroatoms. The molecule has 0 saturated carbocycles. The fourth-order valence-electron chi connectivity index (χ4n) is 2.03. The number of carbonyl (C=O) groups excluding carboxylic acids is 1. The second-order valence-electron chi connectivity index (χ2n) is 4.99. The molecule has 0 atom stereocenters. The van der Waals surface area contributed by atoms with Crippen molar-refractivity contribution in [1.82, 2.24) is 10.2 Å². The van der Waals surface area contributed by atoms with Crippen LogP contribution in [-0.2, 0) is 0 Å². The van der Waals surface area contributed by atoms with Gasteiger partial charge in [0, 0.05) is 17.7 Å². The molecule has 1 aromatic heterocycles. The van der Waals surface area contributed by atoms with E-state index in [4.69, 9.17) is 4.74 Å². The molecule has 0 spiro atoms. The Bertz CT molecular complexity index is 893. The molecule has 5 nitrogen and oxygen atoms in total. The van der Waals surface area contributed by atoms with Crippen molar-refractivity contribution in [3.8, 4) is 11.6 Å². The summed E-state index contributed by atoms with van der Waals surface area (Å²) in [6.07, 6.45) is 3.31. The van der Waals surface area contributed by atoms with Crippen molar-refractivity contribution in [3.63, 3.8) is 0 Å². The summed E-state index contributed by atoms with van der Waals surface area (Å²) in [4.78, 5) is 23.1. The zero-order valence-corrected chi connectivity index (χ0v) is 12.7. The number of aromatic nitrogens is 2. The van der Waals surface area contributed by atoms with Gasteiger partial charge in [-0.15, -0.1) is 5.10 Å². The van der Waals surface area contributed by atoms with Crippen molar-refractivity contribution in [2.45, 2.75) is 0 Å². The molecule has 1 heterocycles. The van der Waals surface area contributed by atoms with Gasteiger partial charge in [-0.1, -0.05) is 36.4 Å². The summed E-state index contributed by atoms with van der Waals surface area (Å²) in [6.45, 7) is 0. The van der Waals surface area contributed by atoms with E-state index in [1.807, 2.05) is 30.3 Å². The maximum atomic E-state index is 12.1. The van der Waals surface area contributed by atoms with E-state index < -0.39 is 0 Å². The first-order valence-corrected chi connectivity index (χ1v) is 7.32. The first kappa shape index (κ1) is 15.4. The van der Waals surface area contributed by atoms with Gasteiger partial charge in [-0.05, 0) is 35.9 Å². The first-order valence-electron chi connectivity index (χ1n) is 7.32. The van der Waals surface area contributed by atoms with Gasteiger partial charge in [0.05, 0.1) is 0 Å². The fourth-order valence-corrected chi connectivity index (χ4v) is 2.03. The van der Waals surface area contributed by atoms with Crippen LogP contribution >= 0.6 is 0 Å². The molecule has 0 bridgehead atoms. The van der Waals surface area contributed by atoms with Crippen LogP contribution in [0.2, 0.25) is 0 Å². The SMILES string of the molecule is O=C(C=Cc1ccccc1)c1ccc(Oc2ccc(=O)[nH]n2)cc1. The Morgan fingerprint density at radius 2 is 1.71 bits per heavy atom. The molecule has 0 unspecified atom stereocenters. The van der Waals surface area contributed by atoms with Gasteiger partial charge in [-0.3, -0.25) is 9.59 Å². The summed E-state index contributed by atoms with van der Waals surface area (Å²) in [7, 11) is 0. The summed E-state index contributed by atoms with van der Waals surface area (Å²) >= 11 is 0. The van der Waals surface area contributed by atoms with Gasteiger partial charge in [-0.2, -0.15) is 0 Å². The van der Waals surface area contributed by atoms with Gasteiger partial charge in [0.2, 0.25) is 5.88 Å². The number of aromatic amines is 1. The third-order valence-electron chi connectivity index (χ3n) is 3.24. The highest BCUT2D eigenvalue weighted by Gasteiger charge is 2.03. The lowest BCUT2D eigenvalue weighted by molar-refractivity contribution is 0.104. The van der Waals surface area contributed by atoms with E-state index in [0.29, 0.717) is 11.3 Å². The Labute approximate surface area is 138 Å². The van der Waals surface area contributed by atoms with Crippen LogP contribution in [-0.4, -0.2) is 16.0 Å². The topological polar surface area (TPSA) is 72.1 Å². The highest BCUT2D eigenvalue weighted by molar-refractivity contribution is 6.06. The van der Waals surface area contributed by atoms with Crippen molar-refractivity contribution >= 4 is 11.9 Å². The minimum atomic E-state index is -0.298. The van der Waals surface area contributed by atoms with E-state index in [9.17, 15) is 9.59 Å². The number of H-pyrrole nitrogens is 1. The maximum Gasteiger partial charge on any atom is 0.264 e. The number of ketones is 1. The lowest BCUT2D eigenvalue weighted by atomic mass is 10.1.